The van der Waals surface area contributed by atoms with Crippen LogP contribution in [-0.2, 0) is 4.74 Å². The number of nitrogens with zero attached hydrogens (tertiary/aromatic N) is 5. The standard InChI is InChI=1S/C20H31N5O2/c1-15-14-16(22-19(21-15)24-10-12-27-13-11-24)18(26)25-9-4-6-17-20(25,2)7-5-8-23(17)3/h14,17H,4-13H2,1-3H3/t17-,20-/m0/s1. The van der Waals surface area contributed by atoms with Gasteiger partial charge < -0.3 is 19.4 Å². The summed E-state index contributed by atoms with van der Waals surface area (Å²) in [5, 5.41) is 0. The molecule has 0 bridgehead atoms. The molecule has 0 aliphatic carbocycles. The predicted molar refractivity (Wildman–Crippen MR) is 104 cm³/mol. The molecule has 0 saturated carbocycles. The van der Waals surface area contributed by atoms with Crippen molar-refractivity contribution in [1.29, 1.82) is 0 Å². The van der Waals surface area contributed by atoms with Crippen molar-refractivity contribution in [3.63, 3.8) is 0 Å². The van der Waals surface area contributed by atoms with E-state index in [1.807, 2.05) is 13.0 Å². The molecule has 148 valence electrons. The lowest BCUT2D eigenvalue weighted by molar-refractivity contribution is -0.0349. The van der Waals surface area contributed by atoms with Gasteiger partial charge in [0.05, 0.1) is 18.8 Å². The average Bonchev–Trinajstić information content (AvgIpc) is 2.67. The largest absolute Gasteiger partial charge is 0.378 e. The van der Waals surface area contributed by atoms with Gasteiger partial charge in [0, 0.05) is 31.4 Å². The highest BCUT2D eigenvalue weighted by Gasteiger charge is 2.48. The molecule has 0 spiro atoms. The van der Waals surface area contributed by atoms with Crippen LogP contribution in [0.5, 0.6) is 0 Å². The maximum atomic E-state index is 13.5. The second-order valence-corrected chi connectivity index (χ2v) is 8.35. The molecule has 1 aromatic heterocycles. The molecule has 3 saturated heterocycles. The average molecular weight is 374 g/mol. The summed E-state index contributed by atoms with van der Waals surface area (Å²) in [5.41, 5.74) is 1.26. The summed E-state index contributed by atoms with van der Waals surface area (Å²) < 4.78 is 5.43. The van der Waals surface area contributed by atoms with E-state index in [-0.39, 0.29) is 11.4 Å². The summed E-state index contributed by atoms with van der Waals surface area (Å²) in [6, 6.07) is 2.27. The third-order valence-corrected chi connectivity index (χ3v) is 6.52. The summed E-state index contributed by atoms with van der Waals surface area (Å²) in [4.78, 5) is 29.4. The fourth-order valence-corrected chi connectivity index (χ4v) is 5.07. The summed E-state index contributed by atoms with van der Waals surface area (Å²) >= 11 is 0. The van der Waals surface area contributed by atoms with Gasteiger partial charge in [0.1, 0.15) is 5.69 Å². The van der Waals surface area contributed by atoms with Gasteiger partial charge in [0.15, 0.2) is 0 Å². The lowest BCUT2D eigenvalue weighted by Gasteiger charge is -2.55. The van der Waals surface area contributed by atoms with Crippen LogP contribution in [0, 0.1) is 6.92 Å². The maximum absolute atomic E-state index is 13.5. The zero-order valence-electron chi connectivity index (χ0n) is 16.8. The molecule has 1 aromatic rings. The highest BCUT2D eigenvalue weighted by molar-refractivity contribution is 5.93. The van der Waals surface area contributed by atoms with E-state index < -0.39 is 0 Å². The van der Waals surface area contributed by atoms with Crippen LogP contribution in [0.1, 0.15) is 48.8 Å². The van der Waals surface area contributed by atoms with Crippen molar-refractivity contribution in [2.24, 2.45) is 0 Å². The molecule has 7 heteroatoms. The van der Waals surface area contributed by atoms with Crippen LogP contribution >= 0.6 is 0 Å². The number of amides is 1. The first-order valence-corrected chi connectivity index (χ1v) is 10.2. The highest BCUT2D eigenvalue weighted by Crippen LogP contribution is 2.39. The van der Waals surface area contributed by atoms with Crippen LogP contribution in [0.2, 0.25) is 0 Å². The molecule has 3 fully saturated rings. The monoisotopic (exact) mass is 373 g/mol. The first kappa shape index (κ1) is 18.6. The predicted octanol–water partition coefficient (Wildman–Crippen LogP) is 1.71. The number of piperidine rings is 2. The van der Waals surface area contributed by atoms with Gasteiger partial charge in [-0.3, -0.25) is 4.79 Å². The molecule has 0 N–H and O–H groups in total. The number of likely N-dealkylation sites (tertiary alicyclic amines) is 2. The number of hydrogen-bond acceptors (Lipinski definition) is 6. The quantitative estimate of drug-likeness (QED) is 0.787. The molecule has 1 amide bonds. The van der Waals surface area contributed by atoms with E-state index in [0.717, 1.165) is 51.1 Å². The summed E-state index contributed by atoms with van der Waals surface area (Å²) in [6.07, 6.45) is 4.42. The molecule has 7 nitrogen and oxygen atoms in total. The Labute approximate surface area is 161 Å². The van der Waals surface area contributed by atoms with Crippen LogP contribution < -0.4 is 4.90 Å². The smallest absolute Gasteiger partial charge is 0.273 e. The van der Waals surface area contributed by atoms with E-state index in [1.54, 1.807) is 0 Å². The first-order chi connectivity index (χ1) is 13.0. The summed E-state index contributed by atoms with van der Waals surface area (Å²) in [6.45, 7) is 9.04. The molecular weight excluding hydrogens is 342 g/mol. The number of rotatable bonds is 2. The molecule has 0 unspecified atom stereocenters. The summed E-state index contributed by atoms with van der Waals surface area (Å²) in [5.74, 6) is 0.707. The number of carbonyl (C=O) groups excluding carboxylic acids is 1. The molecular formula is C20H31N5O2. The van der Waals surface area contributed by atoms with Gasteiger partial charge in [0.2, 0.25) is 5.95 Å². The minimum atomic E-state index is -0.111. The van der Waals surface area contributed by atoms with E-state index in [4.69, 9.17) is 4.74 Å². The van der Waals surface area contributed by atoms with Crippen LogP contribution in [0.25, 0.3) is 0 Å². The Morgan fingerprint density at radius 3 is 2.74 bits per heavy atom. The van der Waals surface area contributed by atoms with E-state index in [9.17, 15) is 4.79 Å². The normalized spacial score (nSPS) is 29.5. The third-order valence-electron chi connectivity index (χ3n) is 6.52. The third kappa shape index (κ3) is 3.43. The van der Waals surface area contributed by atoms with Crippen molar-refractivity contribution in [2.45, 2.75) is 51.1 Å². The minimum absolute atomic E-state index is 0.0532. The van der Waals surface area contributed by atoms with Crippen molar-refractivity contribution >= 4 is 11.9 Å². The van der Waals surface area contributed by atoms with E-state index in [0.29, 0.717) is 30.9 Å². The molecule has 0 aromatic carbocycles. The first-order valence-electron chi connectivity index (χ1n) is 10.2. The van der Waals surface area contributed by atoms with Crippen molar-refractivity contribution in [2.75, 3.05) is 51.3 Å². The molecule has 3 aliphatic heterocycles. The van der Waals surface area contributed by atoms with E-state index in [1.165, 1.54) is 6.42 Å². The van der Waals surface area contributed by atoms with Gasteiger partial charge in [-0.2, -0.15) is 0 Å². The maximum Gasteiger partial charge on any atom is 0.273 e. The molecule has 3 aliphatic rings. The minimum Gasteiger partial charge on any atom is -0.378 e. The Hall–Kier alpha value is -1.73. The Kier molecular flexibility index (Phi) is 5.07. The topological polar surface area (TPSA) is 61.8 Å². The lowest BCUT2D eigenvalue weighted by atomic mass is 9.76. The van der Waals surface area contributed by atoms with Crippen molar-refractivity contribution in [1.82, 2.24) is 19.8 Å². The fourth-order valence-electron chi connectivity index (χ4n) is 5.07. The Morgan fingerprint density at radius 1 is 1.19 bits per heavy atom. The fraction of sp³-hybridized carbons (Fsp3) is 0.750. The van der Waals surface area contributed by atoms with Crippen molar-refractivity contribution in [3.05, 3.63) is 17.5 Å². The van der Waals surface area contributed by atoms with Crippen LogP contribution in [0.4, 0.5) is 5.95 Å². The number of aryl methyl sites for hydroxylation is 1. The highest BCUT2D eigenvalue weighted by atomic mass is 16.5. The van der Waals surface area contributed by atoms with Crippen LogP contribution in [0.15, 0.2) is 6.07 Å². The van der Waals surface area contributed by atoms with Crippen LogP contribution in [-0.4, -0.2) is 83.7 Å². The van der Waals surface area contributed by atoms with E-state index >= 15 is 0 Å². The van der Waals surface area contributed by atoms with Gasteiger partial charge in [-0.1, -0.05) is 0 Å². The van der Waals surface area contributed by atoms with Gasteiger partial charge in [-0.05, 0) is 59.2 Å². The number of morpholine rings is 1. The van der Waals surface area contributed by atoms with E-state index in [2.05, 4.69) is 38.6 Å². The molecule has 2 atom stereocenters. The molecule has 0 radical (unpaired) electrons. The molecule has 4 heterocycles. The van der Waals surface area contributed by atoms with Crippen LogP contribution in [0.3, 0.4) is 0 Å². The summed E-state index contributed by atoms with van der Waals surface area (Å²) in [7, 11) is 2.20. The number of anilines is 1. The number of likely N-dealkylation sites (N-methyl/N-ethyl adjacent to an activating group) is 1. The van der Waals surface area contributed by atoms with Crippen molar-refractivity contribution < 1.29 is 9.53 Å². The number of ether oxygens (including phenoxy) is 1. The van der Waals surface area contributed by atoms with Gasteiger partial charge in [0.25, 0.3) is 5.91 Å². The van der Waals surface area contributed by atoms with Gasteiger partial charge >= 0.3 is 0 Å². The SMILES string of the molecule is Cc1cc(C(=O)N2CCC[C@@H]3N(C)CCC[C@@]32C)nc(N2CCOCC2)n1. The Morgan fingerprint density at radius 2 is 1.96 bits per heavy atom. The molecule has 27 heavy (non-hydrogen) atoms. The number of aromatic nitrogens is 2. The molecule has 4 rings (SSSR count). The lowest BCUT2D eigenvalue weighted by Crippen LogP contribution is -2.66. The Bertz CT molecular complexity index is 706. The zero-order valence-corrected chi connectivity index (χ0v) is 16.8. The second-order valence-electron chi connectivity index (χ2n) is 8.35. The zero-order chi connectivity index (χ0) is 19.0. The number of hydrogen-bond donors (Lipinski definition) is 0. The van der Waals surface area contributed by atoms with Gasteiger partial charge in [-0.25, -0.2) is 9.97 Å². The second kappa shape index (κ2) is 7.36. The van der Waals surface area contributed by atoms with Gasteiger partial charge in [-0.15, -0.1) is 0 Å². The van der Waals surface area contributed by atoms with Crippen molar-refractivity contribution in [3.8, 4) is 0 Å². The number of carbonyl (C=O) groups is 1. The Balaban J connectivity index is 1.62. The number of fused-ring (bicyclic) bond motifs is 1.